The third-order valence-corrected chi connectivity index (χ3v) is 4.23. The lowest BCUT2D eigenvalue weighted by molar-refractivity contribution is 0.0947. The molecule has 0 atom stereocenters. The van der Waals surface area contributed by atoms with E-state index >= 15 is 0 Å². The maximum absolute atomic E-state index is 13.8. The number of amides is 1. The quantitative estimate of drug-likeness (QED) is 0.560. The summed E-state index contributed by atoms with van der Waals surface area (Å²) in [5.41, 5.74) is 2.86. The molecule has 138 valence electrons. The molecule has 5 nitrogen and oxygen atoms in total. The number of benzene rings is 3. The van der Waals surface area contributed by atoms with Crippen LogP contribution < -0.4 is 5.32 Å². The van der Waals surface area contributed by atoms with Gasteiger partial charge in [-0.1, -0.05) is 54.6 Å². The smallest absolute Gasteiger partial charge is 0.251 e. The highest BCUT2D eigenvalue weighted by atomic mass is 19.1. The molecule has 0 saturated carbocycles. The summed E-state index contributed by atoms with van der Waals surface area (Å²) >= 11 is 0. The lowest BCUT2D eigenvalue weighted by Crippen LogP contribution is -2.22. The van der Waals surface area contributed by atoms with Gasteiger partial charge in [-0.25, -0.2) is 4.39 Å². The summed E-state index contributed by atoms with van der Waals surface area (Å²) in [5, 5.41) is 10.4. The number of carbonyl (C=O) groups is 1. The van der Waals surface area contributed by atoms with Crippen molar-refractivity contribution in [2.75, 3.05) is 0 Å². The van der Waals surface area contributed by atoms with Crippen molar-refractivity contribution >= 4 is 5.91 Å². The van der Waals surface area contributed by atoms with Gasteiger partial charge >= 0.3 is 0 Å². The molecule has 0 aliphatic rings. The minimum absolute atomic E-state index is 0.0563. The van der Waals surface area contributed by atoms with Crippen LogP contribution in [0.5, 0.6) is 0 Å². The van der Waals surface area contributed by atoms with E-state index in [2.05, 4.69) is 15.5 Å². The van der Waals surface area contributed by atoms with Crippen molar-refractivity contribution in [3.8, 4) is 22.6 Å². The average molecular weight is 373 g/mol. The van der Waals surface area contributed by atoms with E-state index in [1.54, 1.807) is 30.3 Å². The molecular weight excluding hydrogens is 357 g/mol. The molecule has 0 aliphatic heterocycles. The van der Waals surface area contributed by atoms with Gasteiger partial charge in [-0.3, -0.25) is 4.79 Å². The zero-order chi connectivity index (χ0) is 19.3. The van der Waals surface area contributed by atoms with Crippen molar-refractivity contribution in [2.45, 2.75) is 6.54 Å². The summed E-state index contributed by atoms with van der Waals surface area (Å²) in [4.78, 5) is 12.3. The van der Waals surface area contributed by atoms with Gasteiger partial charge in [0.1, 0.15) is 5.82 Å². The zero-order valence-corrected chi connectivity index (χ0v) is 14.8. The largest absolute Gasteiger partial charge is 0.419 e. The molecule has 3 aromatic carbocycles. The summed E-state index contributed by atoms with van der Waals surface area (Å²) in [5.74, 6) is -0.424. The van der Waals surface area contributed by atoms with Crippen LogP contribution in [0.1, 0.15) is 16.2 Å². The number of hydrogen-bond acceptors (Lipinski definition) is 4. The lowest BCUT2D eigenvalue weighted by Gasteiger charge is -2.05. The average Bonchev–Trinajstić information content (AvgIpc) is 3.22. The maximum atomic E-state index is 13.8. The Morgan fingerprint density at radius 2 is 1.54 bits per heavy atom. The first-order chi connectivity index (χ1) is 13.7. The third kappa shape index (κ3) is 3.81. The fourth-order valence-electron chi connectivity index (χ4n) is 2.77. The highest BCUT2D eigenvalue weighted by molar-refractivity contribution is 5.94. The Hall–Kier alpha value is -3.80. The molecule has 0 aliphatic carbocycles. The molecule has 0 radical (unpaired) electrons. The van der Waals surface area contributed by atoms with Gasteiger partial charge in [0, 0.05) is 5.56 Å². The number of carbonyl (C=O) groups excluding carboxylic acids is 1. The Morgan fingerprint density at radius 1 is 0.857 bits per heavy atom. The Kier molecular flexibility index (Phi) is 4.93. The van der Waals surface area contributed by atoms with E-state index in [-0.39, 0.29) is 29.8 Å². The van der Waals surface area contributed by atoms with Gasteiger partial charge in [-0.05, 0) is 35.4 Å². The predicted octanol–water partition coefficient (Wildman–Crippen LogP) is 4.47. The molecule has 1 N–H and O–H groups in total. The van der Waals surface area contributed by atoms with Crippen molar-refractivity contribution in [1.29, 1.82) is 0 Å². The molecule has 1 heterocycles. The van der Waals surface area contributed by atoms with Gasteiger partial charge in [-0.15, -0.1) is 10.2 Å². The molecule has 0 fully saturated rings. The minimum atomic E-state index is -0.444. The SMILES string of the molecule is O=C(NCc1nnc(-c2ccccc2F)o1)c1ccc(-c2ccccc2)cc1. The van der Waals surface area contributed by atoms with Crippen molar-refractivity contribution in [1.82, 2.24) is 15.5 Å². The molecular formula is C22H16FN3O2. The highest BCUT2D eigenvalue weighted by Crippen LogP contribution is 2.21. The number of nitrogens with zero attached hydrogens (tertiary/aromatic N) is 2. The summed E-state index contributed by atoms with van der Waals surface area (Å²) in [6.07, 6.45) is 0. The third-order valence-electron chi connectivity index (χ3n) is 4.23. The number of rotatable bonds is 5. The normalized spacial score (nSPS) is 10.6. The molecule has 0 spiro atoms. The minimum Gasteiger partial charge on any atom is -0.419 e. The molecule has 4 aromatic rings. The molecule has 6 heteroatoms. The Labute approximate surface area is 160 Å². The van der Waals surface area contributed by atoms with Gasteiger partial charge in [0.2, 0.25) is 5.89 Å². The van der Waals surface area contributed by atoms with Crippen LogP contribution in [0.4, 0.5) is 4.39 Å². The second kappa shape index (κ2) is 7.84. The van der Waals surface area contributed by atoms with Crippen LogP contribution in [0.15, 0.2) is 83.3 Å². The lowest BCUT2D eigenvalue weighted by atomic mass is 10.0. The fraction of sp³-hybridized carbons (Fsp3) is 0.0455. The monoisotopic (exact) mass is 373 g/mol. The van der Waals surface area contributed by atoms with Gasteiger partial charge < -0.3 is 9.73 Å². The summed E-state index contributed by atoms with van der Waals surface area (Å²) in [6, 6.07) is 23.4. The second-order valence-electron chi connectivity index (χ2n) is 6.11. The van der Waals surface area contributed by atoms with Gasteiger partial charge in [0.25, 0.3) is 11.8 Å². The topological polar surface area (TPSA) is 68.0 Å². The molecule has 1 aromatic heterocycles. The molecule has 0 unspecified atom stereocenters. The standard InChI is InChI=1S/C22H16FN3O2/c23-19-9-5-4-8-18(19)22-26-25-20(28-22)14-24-21(27)17-12-10-16(11-13-17)15-6-2-1-3-7-15/h1-13H,14H2,(H,24,27). The van der Waals surface area contributed by atoms with E-state index < -0.39 is 5.82 Å². The van der Waals surface area contributed by atoms with E-state index in [0.29, 0.717) is 5.56 Å². The second-order valence-corrected chi connectivity index (χ2v) is 6.11. The zero-order valence-electron chi connectivity index (χ0n) is 14.8. The van der Waals surface area contributed by atoms with Gasteiger partial charge in [-0.2, -0.15) is 0 Å². The summed E-state index contributed by atoms with van der Waals surface area (Å²) in [7, 11) is 0. The van der Waals surface area contributed by atoms with Crippen molar-refractivity contribution in [3.05, 3.63) is 96.1 Å². The van der Waals surface area contributed by atoms with Crippen LogP contribution in [0.2, 0.25) is 0 Å². The highest BCUT2D eigenvalue weighted by Gasteiger charge is 2.13. The molecule has 1 amide bonds. The first kappa shape index (κ1) is 17.6. The molecule has 28 heavy (non-hydrogen) atoms. The fourth-order valence-corrected chi connectivity index (χ4v) is 2.77. The predicted molar refractivity (Wildman–Crippen MR) is 103 cm³/mol. The Morgan fingerprint density at radius 3 is 2.29 bits per heavy atom. The van der Waals surface area contributed by atoms with Crippen LogP contribution in [-0.2, 0) is 6.54 Å². The van der Waals surface area contributed by atoms with E-state index in [9.17, 15) is 9.18 Å². The van der Waals surface area contributed by atoms with Gasteiger partial charge in [0.05, 0.1) is 12.1 Å². The van der Waals surface area contributed by atoms with Crippen LogP contribution in [0.3, 0.4) is 0 Å². The Balaban J connectivity index is 1.40. The number of aromatic nitrogens is 2. The van der Waals surface area contributed by atoms with Crippen molar-refractivity contribution < 1.29 is 13.6 Å². The first-order valence-corrected chi connectivity index (χ1v) is 8.72. The van der Waals surface area contributed by atoms with E-state index in [1.807, 2.05) is 42.5 Å². The van der Waals surface area contributed by atoms with Gasteiger partial charge in [0.15, 0.2) is 0 Å². The maximum Gasteiger partial charge on any atom is 0.251 e. The van der Waals surface area contributed by atoms with Crippen LogP contribution in [0, 0.1) is 5.82 Å². The summed E-state index contributed by atoms with van der Waals surface area (Å²) in [6.45, 7) is 0.0563. The van der Waals surface area contributed by atoms with Crippen molar-refractivity contribution in [3.63, 3.8) is 0 Å². The van der Waals surface area contributed by atoms with E-state index in [4.69, 9.17) is 4.42 Å². The molecule has 4 rings (SSSR count). The van der Waals surface area contributed by atoms with E-state index in [1.165, 1.54) is 6.07 Å². The number of hydrogen-bond donors (Lipinski definition) is 1. The van der Waals surface area contributed by atoms with Crippen LogP contribution in [-0.4, -0.2) is 16.1 Å². The molecule has 0 saturated heterocycles. The number of halogens is 1. The van der Waals surface area contributed by atoms with Crippen LogP contribution >= 0.6 is 0 Å². The van der Waals surface area contributed by atoms with E-state index in [0.717, 1.165) is 11.1 Å². The van der Waals surface area contributed by atoms with Crippen molar-refractivity contribution in [2.24, 2.45) is 0 Å². The Bertz CT molecular complexity index is 1090. The molecule has 0 bridgehead atoms. The number of nitrogens with one attached hydrogen (secondary N) is 1. The van der Waals surface area contributed by atoms with Crippen LogP contribution in [0.25, 0.3) is 22.6 Å². The first-order valence-electron chi connectivity index (χ1n) is 8.72. The summed E-state index contributed by atoms with van der Waals surface area (Å²) < 4.78 is 19.2.